The first-order valence-electron chi connectivity index (χ1n) is 2.50. The maximum Gasteiger partial charge on any atom is 0.317 e. The standard InChI is InChI=1S/C5H11N2O/c1-4-7(3)5(8)6-2/h2,4H2,1,3H3,(H,6,8). The summed E-state index contributed by atoms with van der Waals surface area (Å²) >= 11 is 0. The van der Waals surface area contributed by atoms with E-state index in [2.05, 4.69) is 12.4 Å². The molecule has 1 N–H and O–H groups in total. The Morgan fingerprint density at radius 2 is 2.38 bits per heavy atom. The number of urea groups is 1. The van der Waals surface area contributed by atoms with Gasteiger partial charge in [0.2, 0.25) is 0 Å². The Bertz CT molecular complexity index is 82.5. The van der Waals surface area contributed by atoms with Gasteiger partial charge in [-0.15, -0.1) is 0 Å². The summed E-state index contributed by atoms with van der Waals surface area (Å²) in [4.78, 5) is 12.0. The van der Waals surface area contributed by atoms with E-state index in [4.69, 9.17) is 0 Å². The lowest BCUT2D eigenvalue weighted by Crippen LogP contribution is -2.33. The van der Waals surface area contributed by atoms with Crippen LogP contribution in [0.4, 0.5) is 4.79 Å². The number of carbonyl (C=O) groups excluding carboxylic acids is 1. The molecular formula is C5H11N2O. The van der Waals surface area contributed by atoms with Gasteiger partial charge in [-0.05, 0) is 6.92 Å². The van der Waals surface area contributed by atoms with Crippen LogP contribution in [0.3, 0.4) is 0 Å². The molecular weight excluding hydrogens is 104 g/mol. The highest BCUT2D eigenvalue weighted by molar-refractivity contribution is 5.73. The number of nitrogens with one attached hydrogen (secondary N) is 1. The van der Waals surface area contributed by atoms with Crippen LogP contribution in [0.1, 0.15) is 6.92 Å². The zero-order valence-corrected chi connectivity index (χ0v) is 5.27. The zero-order valence-electron chi connectivity index (χ0n) is 5.27. The molecule has 3 heteroatoms. The molecule has 0 aromatic heterocycles. The summed E-state index contributed by atoms with van der Waals surface area (Å²) in [6.45, 7) is 2.61. The van der Waals surface area contributed by atoms with Gasteiger partial charge in [0.15, 0.2) is 0 Å². The van der Waals surface area contributed by atoms with Gasteiger partial charge in [-0.2, -0.15) is 0 Å². The van der Waals surface area contributed by atoms with Gasteiger partial charge in [0.25, 0.3) is 0 Å². The van der Waals surface area contributed by atoms with E-state index in [-0.39, 0.29) is 6.03 Å². The van der Waals surface area contributed by atoms with E-state index in [1.165, 1.54) is 4.90 Å². The molecule has 0 saturated heterocycles. The highest BCUT2D eigenvalue weighted by Gasteiger charge is 1.99. The van der Waals surface area contributed by atoms with E-state index in [1.54, 1.807) is 7.05 Å². The average molecular weight is 115 g/mol. The predicted molar refractivity (Wildman–Crippen MR) is 32.2 cm³/mol. The van der Waals surface area contributed by atoms with Crippen LogP contribution in [0.5, 0.6) is 0 Å². The molecule has 0 aliphatic rings. The van der Waals surface area contributed by atoms with Gasteiger partial charge in [-0.25, -0.2) is 4.79 Å². The molecule has 8 heavy (non-hydrogen) atoms. The van der Waals surface area contributed by atoms with Crippen molar-refractivity contribution in [1.29, 1.82) is 0 Å². The molecule has 0 rings (SSSR count). The fourth-order valence-corrected chi connectivity index (χ4v) is 0.279. The Morgan fingerprint density at radius 3 is 2.50 bits per heavy atom. The summed E-state index contributed by atoms with van der Waals surface area (Å²) in [6, 6.07) is -0.146. The molecule has 1 radical (unpaired) electrons. The maximum atomic E-state index is 10.5. The van der Waals surface area contributed by atoms with Gasteiger partial charge in [0, 0.05) is 20.6 Å². The number of amides is 2. The molecule has 0 bridgehead atoms. The number of hydrogen-bond donors (Lipinski definition) is 1. The first-order valence-corrected chi connectivity index (χ1v) is 2.50. The summed E-state index contributed by atoms with van der Waals surface area (Å²) in [5.41, 5.74) is 0. The lowest BCUT2D eigenvalue weighted by molar-refractivity contribution is 0.214. The van der Waals surface area contributed by atoms with Crippen molar-refractivity contribution in [2.75, 3.05) is 13.6 Å². The van der Waals surface area contributed by atoms with E-state index in [0.717, 1.165) is 0 Å². The second kappa shape index (κ2) is 3.29. The number of rotatable bonds is 1. The van der Waals surface area contributed by atoms with Crippen LogP contribution < -0.4 is 5.32 Å². The van der Waals surface area contributed by atoms with E-state index >= 15 is 0 Å². The maximum absolute atomic E-state index is 10.5. The lowest BCUT2D eigenvalue weighted by Gasteiger charge is -2.11. The molecule has 0 fully saturated rings. The van der Waals surface area contributed by atoms with Crippen LogP contribution in [0.25, 0.3) is 0 Å². The van der Waals surface area contributed by atoms with E-state index < -0.39 is 0 Å². The summed E-state index contributed by atoms with van der Waals surface area (Å²) in [5, 5.41) is 2.25. The smallest absolute Gasteiger partial charge is 0.317 e. The van der Waals surface area contributed by atoms with Crippen LogP contribution in [-0.2, 0) is 0 Å². The average Bonchev–Trinajstić information content (AvgIpc) is 1.84. The third kappa shape index (κ3) is 1.82. The van der Waals surface area contributed by atoms with E-state index in [0.29, 0.717) is 6.54 Å². The highest BCUT2D eigenvalue weighted by atomic mass is 16.2. The van der Waals surface area contributed by atoms with Gasteiger partial charge in [-0.3, -0.25) is 0 Å². The van der Waals surface area contributed by atoms with Crippen molar-refractivity contribution in [2.24, 2.45) is 0 Å². The molecule has 0 aliphatic carbocycles. The molecule has 0 aliphatic heterocycles. The SMILES string of the molecule is [CH2]NC(=O)N(C)CC. The van der Waals surface area contributed by atoms with E-state index in [1.807, 2.05) is 6.92 Å². The number of carbonyl (C=O) groups is 1. The fourth-order valence-electron chi connectivity index (χ4n) is 0.279. The van der Waals surface area contributed by atoms with Crippen LogP contribution in [0.15, 0.2) is 0 Å². The molecule has 0 aromatic rings. The first-order chi connectivity index (χ1) is 3.72. The molecule has 0 saturated carbocycles. The monoisotopic (exact) mass is 115 g/mol. The van der Waals surface area contributed by atoms with Gasteiger partial charge in [-0.1, -0.05) is 0 Å². The largest absolute Gasteiger partial charge is 0.336 e. The molecule has 0 spiro atoms. The van der Waals surface area contributed by atoms with E-state index in [9.17, 15) is 4.79 Å². The zero-order chi connectivity index (χ0) is 6.57. The van der Waals surface area contributed by atoms with Crippen molar-refractivity contribution in [3.05, 3.63) is 7.05 Å². The Morgan fingerprint density at radius 1 is 1.88 bits per heavy atom. The first kappa shape index (κ1) is 7.27. The second-order valence-corrected chi connectivity index (χ2v) is 1.50. The fraction of sp³-hybridized carbons (Fsp3) is 0.600. The molecule has 0 aromatic carbocycles. The molecule has 0 atom stereocenters. The van der Waals surface area contributed by atoms with Crippen molar-refractivity contribution in [3.63, 3.8) is 0 Å². The molecule has 2 amide bonds. The van der Waals surface area contributed by atoms with Gasteiger partial charge in [0.05, 0.1) is 0 Å². The minimum Gasteiger partial charge on any atom is -0.336 e. The normalized spacial score (nSPS) is 8.38. The van der Waals surface area contributed by atoms with Gasteiger partial charge < -0.3 is 10.2 Å². The topological polar surface area (TPSA) is 32.3 Å². The third-order valence-corrected chi connectivity index (χ3v) is 0.972. The molecule has 47 valence electrons. The minimum atomic E-state index is -0.146. The van der Waals surface area contributed by atoms with Crippen molar-refractivity contribution in [3.8, 4) is 0 Å². The summed E-state index contributed by atoms with van der Waals surface area (Å²) in [6.07, 6.45) is 0. The van der Waals surface area contributed by atoms with Gasteiger partial charge >= 0.3 is 6.03 Å². The van der Waals surface area contributed by atoms with Gasteiger partial charge in [0.1, 0.15) is 0 Å². The Labute approximate surface area is 49.7 Å². The summed E-state index contributed by atoms with van der Waals surface area (Å²) in [7, 11) is 4.92. The number of nitrogens with zero attached hydrogens (tertiary/aromatic N) is 1. The van der Waals surface area contributed by atoms with Crippen LogP contribution in [-0.4, -0.2) is 24.5 Å². The van der Waals surface area contributed by atoms with Crippen molar-refractivity contribution in [2.45, 2.75) is 6.92 Å². The summed E-state index contributed by atoms with van der Waals surface area (Å²) in [5.74, 6) is 0. The third-order valence-electron chi connectivity index (χ3n) is 0.972. The minimum absolute atomic E-state index is 0.146. The van der Waals surface area contributed by atoms with Crippen molar-refractivity contribution < 1.29 is 4.79 Å². The molecule has 0 heterocycles. The molecule has 0 unspecified atom stereocenters. The Kier molecular flexibility index (Phi) is 2.99. The predicted octanol–water partition coefficient (Wildman–Crippen LogP) is 0.439. The molecule has 3 nitrogen and oxygen atoms in total. The van der Waals surface area contributed by atoms with Crippen LogP contribution in [0.2, 0.25) is 0 Å². The van der Waals surface area contributed by atoms with Crippen molar-refractivity contribution >= 4 is 6.03 Å². The van der Waals surface area contributed by atoms with Crippen LogP contribution in [0, 0.1) is 7.05 Å². The number of hydrogen-bond acceptors (Lipinski definition) is 1. The van der Waals surface area contributed by atoms with Crippen LogP contribution >= 0.6 is 0 Å². The Balaban J connectivity index is 3.46. The second-order valence-electron chi connectivity index (χ2n) is 1.50. The Hall–Kier alpha value is -0.730. The summed E-state index contributed by atoms with van der Waals surface area (Å²) < 4.78 is 0. The highest BCUT2D eigenvalue weighted by Crippen LogP contribution is 1.79. The quantitative estimate of drug-likeness (QED) is 0.528. The lowest BCUT2D eigenvalue weighted by atomic mass is 10.6. The van der Waals surface area contributed by atoms with Crippen molar-refractivity contribution in [1.82, 2.24) is 10.2 Å².